The van der Waals surface area contributed by atoms with Crippen molar-refractivity contribution in [3.8, 4) is 5.75 Å². The third kappa shape index (κ3) is 4.58. The molecule has 1 atom stereocenters. The summed E-state index contributed by atoms with van der Waals surface area (Å²) in [6.45, 7) is 4.09. The Morgan fingerprint density at radius 3 is 2.48 bits per heavy atom. The van der Waals surface area contributed by atoms with Gasteiger partial charge in [-0.15, -0.1) is 0 Å². The number of benzene rings is 2. The van der Waals surface area contributed by atoms with Crippen LogP contribution >= 0.6 is 15.9 Å². The summed E-state index contributed by atoms with van der Waals surface area (Å²) < 4.78 is 6.59. The van der Waals surface area contributed by atoms with Crippen molar-refractivity contribution in [3.05, 3.63) is 64.1 Å². The summed E-state index contributed by atoms with van der Waals surface area (Å²) >= 11 is 3.50. The second-order valence-electron chi connectivity index (χ2n) is 5.07. The van der Waals surface area contributed by atoms with Gasteiger partial charge in [-0.2, -0.15) is 0 Å². The third-order valence-electron chi connectivity index (χ3n) is 3.64. The van der Waals surface area contributed by atoms with Crippen LogP contribution in [0.4, 0.5) is 0 Å². The maximum Gasteiger partial charge on any atom is 0.122 e. The lowest BCUT2D eigenvalue weighted by Gasteiger charge is -2.19. The van der Waals surface area contributed by atoms with Crippen molar-refractivity contribution >= 4 is 15.9 Å². The Balaban J connectivity index is 2.21. The van der Waals surface area contributed by atoms with E-state index in [1.54, 1.807) is 7.11 Å². The van der Waals surface area contributed by atoms with Gasteiger partial charge in [0.1, 0.15) is 5.75 Å². The fourth-order valence-electron chi connectivity index (χ4n) is 2.50. The Hall–Kier alpha value is -1.32. The highest BCUT2D eigenvalue weighted by Gasteiger charge is 2.14. The van der Waals surface area contributed by atoms with E-state index in [1.165, 1.54) is 11.1 Å². The van der Waals surface area contributed by atoms with Crippen LogP contribution < -0.4 is 10.1 Å². The standard InChI is InChI=1S/C18H22BrNO/c1-3-20-13-16(14-8-10-17(19)11-9-14)12-15-6-4-5-7-18(15)21-2/h4-11,16,20H,3,12-13H2,1-2H3. The van der Waals surface area contributed by atoms with Gasteiger partial charge < -0.3 is 10.1 Å². The summed E-state index contributed by atoms with van der Waals surface area (Å²) in [5, 5.41) is 3.47. The second-order valence-corrected chi connectivity index (χ2v) is 5.99. The summed E-state index contributed by atoms with van der Waals surface area (Å²) in [6.07, 6.45) is 0.971. The summed E-state index contributed by atoms with van der Waals surface area (Å²) in [4.78, 5) is 0. The highest BCUT2D eigenvalue weighted by molar-refractivity contribution is 9.10. The number of likely N-dealkylation sites (N-methyl/N-ethyl adjacent to an activating group) is 1. The molecule has 0 aliphatic rings. The van der Waals surface area contributed by atoms with E-state index in [9.17, 15) is 0 Å². The van der Waals surface area contributed by atoms with E-state index >= 15 is 0 Å². The normalized spacial score (nSPS) is 12.1. The molecule has 2 nitrogen and oxygen atoms in total. The minimum Gasteiger partial charge on any atom is -0.496 e. The molecule has 0 bridgehead atoms. The molecule has 0 spiro atoms. The molecule has 2 rings (SSSR count). The quantitative estimate of drug-likeness (QED) is 0.801. The van der Waals surface area contributed by atoms with E-state index in [0.717, 1.165) is 29.7 Å². The SMILES string of the molecule is CCNCC(Cc1ccccc1OC)c1ccc(Br)cc1. The largest absolute Gasteiger partial charge is 0.496 e. The Morgan fingerprint density at radius 2 is 1.81 bits per heavy atom. The summed E-state index contributed by atoms with van der Waals surface area (Å²) in [6, 6.07) is 16.9. The summed E-state index contributed by atoms with van der Waals surface area (Å²) in [5.41, 5.74) is 2.61. The molecule has 0 saturated heterocycles. The minimum absolute atomic E-state index is 0.439. The first-order valence-electron chi connectivity index (χ1n) is 7.32. The fourth-order valence-corrected chi connectivity index (χ4v) is 2.76. The number of hydrogen-bond acceptors (Lipinski definition) is 2. The first kappa shape index (κ1) is 16.1. The van der Waals surface area contributed by atoms with Crippen LogP contribution in [0, 0.1) is 0 Å². The monoisotopic (exact) mass is 347 g/mol. The van der Waals surface area contributed by atoms with Gasteiger partial charge in [-0.05, 0) is 42.3 Å². The van der Waals surface area contributed by atoms with Crippen LogP contribution in [0.1, 0.15) is 24.0 Å². The van der Waals surface area contributed by atoms with Gasteiger partial charge in [0.2, 0.25) is 0 Å². The average Bonchev–Trinajstić information content (AvgIpc) is 2.52. The van der Waals surface area contributed by atoms with E-state index < -0.39 is 0 Å². The van der Waals surface area contributed by atoms with Crippen LogP contribution in [0.25, 0.3) is 0 Å². The molecule has 2 aromatic carbocycles. The maximum absolute atomic E-state index is 5.48. The van der Waals surface area contributed by atoms with Gasteiger partial charge >= 0.3 is 0 Å². The predicted octanol–water partition coefficient (Wildman–Crippen LogP) is 4.39. The molecule has 0 aliphatic heterocycles. The molecule has 0 saturated carbocycles. The second kappa shape index (κ2) is 8.20. The number of ether oxygens (including phenoxy) is 1. The third-order valence-corrected chi connectivity index (χ3v) is 4.17. The average molecular weight is 348 g/mol. The molecule has 3 heteroatoms. The molecule has 0 fully saturated rings. The summed E-state index contributed by atoms with van der Waals surface area (Å²) in [5.74, 6) is 1.41. The summed E-state index contributed by atoms with van der Waals surface area (Å²) in [7, 11) is 1.73. The minimum atomic E-state index is 0.439. The molecule has 0 aromatic heterocycles. The van der Waals surface area contributed by atoms with Crippen LogP contribution in [0.5, 0.6) is 5.75 Å². The van der Waals surface area contributed by atoms with Gasteiger partial charge in [-0.1, -0.05) is 53.2 Å². The van der Waals surface area contributed by atoms with E-state index in [2.05, 4.69) is 64.6 Å². The molecule has 21 heavy (non-hydrogen) atoms. The number of methoxy groups -OCH3 is 1. The number of nitrogens with one attached hydrogen (secondary N) is 1. The molecule has 1 N–H and O–H groups in total. The zero-order chi connectivity index (χ0) is 15.1. The lowest BCUT2D eigenvalue weighted by molar-refractivity contribution is 0.407. The van der Waals surface area contributed by atoms with Crippen molar-refractivity contribution in [1.82, 2.24) is 5.32 Å². The number of hydrogen-bond donors (Lipinski definition) is 1. The smallest absolute Gasteiger partial charge is 0.122 e. The number of para-hydroxylation sites is 1. The zero-order valence-electron chi connectivity index (χ0n) is 12.6. The van der Waals surface area contributed by atoms with Gasteiger partial charge in [0, 0.05) is 16.9 Å². The van der Waals surface area contributed by atoms with Crippen molar-refractivity contribution in [2.75, 3.05) is 20.2 Å². The molecule has 0 aliphatic carbocycles. The lowest BCUT2D eigenvalue weighted by Crippen LogP contribution is -2.22. The molecule has 2 aromatic rings. The van der Waals surface area contributed by atoms with E-state index in [4.69, 9.17) is 4.74 Å². The van der Waals surface area contributed by atoms with Crippen molar-refractivity contribution < 1.29 is 4.74 Å². The van der Waals surface area contributed by atoms with Crippen LogP contribution in [-0.4, -0.2) is 20.2 Å². The van der Waals surface area contributed by atoms with Gasteiger partial charge in [0.25, 0.3) is 0 Å². The highest BCUT2D eigenvalue weighted by Crippen LogP contribution is 2.27. The lowest BCUT2D eigenvalue weighted by atomic mass is 9.91. The molecule has 1 unspecified atom stereocenters. The molecular weight excluding hydrogens is 326 g/mol. The molecule has 0 amide bonds. The maximum atomic E-state index is 5.48. The highest BCUT2D eigenvalue weighted by atomic mass is 79.9. The fraction of sp³-hybridized carbons (Fsp3) is 0.333. The van der Waals surface area contributed by atoms with Crippen LogP contribution in [0.2, 0.25) is 0 Å². The molecule has 0 heterocycles. The Morgan fingerprint density at radius 1 is 1.10 bits per heavy atom. The first-order chi connectivity index (χ1) is 10.2. The predicted molar refractivity (Wildman–Crippen MR) is 92.1 cm³/mol. The molecule has 112 valence electrons. The number of halogens is 1. The molecular formula is C18H22BrNO. The van der Waals surface area contributed by atoms with Gasteiger partial charge in [-0.3, -0.25) is 0 Å². The molecule has 0 radical (unpaired) electrons. The van der Waals surface area contributed by atoms with Crippen molar-refractivity contribution in [1.29, 1.82) is 0 Å². The topological polar surface area (TPSA) is 21.3 Å². The van der Waals surface area contributed by atoms with Crippen LogP contribution in [0.15, 0.2) is 53.0 Å². The Kier molecular flexibility index (Phi) is 6.27. The van der Waals surface area contributed by atoms with Crippen molar-refractivity contribution in [3.63, 3.8) is 0 Å². The first-order valence-corrected chi connectivity index (χ1v) is 8.12. The van der Waals surface area contributed by atoms with Gasteiger partial charge in [0.15, 0.2) is 0 Å². The van der Waals surface area contributed by atoms with Crippen molar-refractivity contribution in [2.45, 2.75) is 19.3 Å². The zero-order valence-corrected chi connectivity index (χ0v) is 14.2. The number of rotatable bonds is 7. The Labute approximate surface area is 135 Å². The van der Waals surface area contributed by atoms with Crippen molar-refractivity contribution in [2.24, 2.45) is 0 Å². The van der Waals surface area contributed by atoms with Crippen LogP contribution in [0.3, 0.4) is 0 Å². The van der Waals surface area contributed by atoms with Gasteiger partial charge in [0.05, 0.1) is 7.11 Å². The van der Waals surface area contributed by atoms with E-state index in [-0.39, 0.29) is 0 Å². The Bertz CT molecular complexity index is 553. The van der Waals surface area contributed by atoms with E-state index in [1.807, 2.05) is 12.1 Å². The van der Waals surface area contributed by atoms with Crippen LogP contribution in [-0.2, 0) is 6.42 Å². The van der Waals surface area contributed by atoms with Gasteiger partial charge in [-0.25, -0.2) is 0 Å². The van der Waals surface area contributed by atoms with E-state index in [0.29, 0.717) is 5.92 Å².